The van der Waals surface area contributed by atoms with Crippen LogP contribution in [0.1, 0.15) is 24.4 Å². The van der Waals surface area contributed by atoms with Crippen LogP contribution >= 0.6 is 11.3 Å². The molecule has 0 amide bonds. The second-order valence-electron chi connectivity index (χ2n) is 4.14. The van der Waals surface area contributed by atoms with Crippen LogP contribution in [-0.4, -0.2) is 13.4 Å². The number of nitrogen functional groups attached to an aromatic ring is 1. The lowest BCUT2D eigenvalue weighted by Gasteiger charge is -2.15. The molecule has 3 N–H and O–H groups in total. The average molecular weight is 315 g/mol. The fraction of sp³-hybridized carbons (Fsp3) is 0.250. The standard InChI is InChI=1S/C12H14FN3O2S2/c1-2-11(12-15-5-6-19-12)16-20(17,18)8-3-4-10(14)9(13)7-8/h3-7,11,16H,2,14H2,1H3. The van der Waals surface area contributed by atoms with Gasteiger partial charge in [0.05, 0.1) is 16.6 Å². The van der Waals surface area contributed by atoms with Gasteiger partial charge in [-0.3, -0.25) is 0 Å². The van der Waals surface area contributed by atoms with Gasteiger partial charge in [-0.25, -0.2) is 22.5 Å². The Hall–Kier alpha value is -1.51. The van der Waals surface area contributed by atoms with Crippen LogP contribution < -0.4 is 10.5 Å². The van der Waals surface area contributed by atoms with E-state index in [9.17, 15) is 12.8 Å². The van der Waals surface area contributed by atoms with Crippen molar-refractivity contribution >= 4 is 27.0 Å². The van der Waals surface area contributed by atoms with Gasteiger partial charge in [0.2, 0.25) is 10.0 Å². The molecule has 20 heavy (non-hydrogen) atoms. The Morgan fingerprint density at radius 1 is 1.50 bits per heavy atom. The van der Waals surface area contributed by atoms with Crippen LogP contribution in [-0.2, 0) is 10.0 Å². The van der Waals surface area contributed by atoms with Gasteiger partial charge in [-0.2, -0.15) is 0 Å². The van der Waals surface area contributed by atoms with E-state index < -0.39 is 21.9 Å². The van der Waals surface area contributed by atoms with Crippen molar-refractivity contribution in [3.63, 3.8) is 0 Å². The monoisotopic (exact) mass is 315 g/mol. The quantitative estimate of drug-likeness (QED) is 0.829. The Labute approximate surface area is 120 Å². The maximum Gasteiger partial charge on any atom is 0.241 e. The number of nitrogens with one attached hydrogen (secondary N) is 1. The van der Waals surface area contributed by atoms with Gasteiger partial charge < -0.3 is 5.73 Å². The van der Waals surface area contributed by atoms with E-state index >= 15 is 0 Å². The number of sulfonamides is 1. The third-order valence-electron chi connectivity index (χ3n) is 2.74. The summed E-state index contributed by atoms with van der Waals surface area (Å²) in [7, 11) is -3.82. The number of anilines is 1. The predicted octanol–water partition coefficient (Wildman–Crippen LogP) is 2.29. The Kier molecular flexibility index (Phi) is 4.36. The smallest absolute Gasteiger partial charge is 0.241 e. The molecule has 8 heteroatoms. The van der Waals surface area contributed by atoms with Crippen LogP contribution in [0.15, 0.2) is 34.7 Å². The van der Waals surface area contributed by atoms with E-state index in [1.54, 1.807) is 11.6 Å². The van der Waals surface area contributed by atoms with Crippen LogP contribution in [0, 0.1) is 5.82 Å². The van der Waals surface area contributed by atoms with E-state index in [4.69, 9.17) is 5.73 Å². The normalized spacial score (nSPS) is 13.3. The Morgan fingerprint density at radius 2 is 2.25 bits per heavy atom. The third-order valence-corrected chi connectivity index (χ3v) is 5.10. The first kappa shape index (κ1) is 14.9. The zero-order valence-corrected chi connectivity index (χ0v) is 12.3. The molecule has 0 bridgehead atoms. The van der Waals surface area contributed by atoms with Crippen molar-refractivity contribution in [1.82, 2.24) is 9.71 Å². The number of halogens is 1. The number of nitrogens with two attached hydrogens (primary N) is 1. The first-order valence-electron chi connectivity index (χ1n) is 5.90. The van der Waals surface area contributed by atoms with E-state index in [0.29, 0.717) is 11.4 Å². The summed E-state index contributed by atoms with van der Waals surface area (Å²) in [4.78, 5) is 3.94. The van der Waals surface area contributed by atoms with Crippen molar-refractivity contribution in [3.8, 4) is 0 Å². The van der Waals surface area contributed by atoms with Crippen molar-refractivity contribution in [1.29, 1.82) is 0 Å². The molecule has 0 fully saturated rings. The number of hydrogen-bond donors (Lipinski definition) is 2. The van der Waals surface area contributed by atoms with Crippen molar-refractivity contribution in [2.24, 2.45) is 0 Å². The third kappa shape index (κ3) is 3.14. The number of aromatic nitrogens is 1. The summed E-state index contributed by atoms with van der Waals surface area (Å²) in [5.41, 5.74) is 5.25. The second kappa shape index (κ2) is 5.86. The summed E-state index contributed by atoms with van der Waals surface area (Å²) < 4.78 is 40.3. The van der Waals surface area contributed by atoms with Crippen LogP contribution in [0.2, 0.25) is 0 Å². The number of hydrogen-bond acceptors (Lipinski definition) is 5. The van der Waals surface area contributed by atoms with Gasteiger partial charge in [-0.05, 0) is 24.6 Å². The molecule has 108 valence electrons. The molecule has 0 spiro atoms. The summed E-state index contributed by atoms with van der Waals surface area (Å²) in [6, 6.07) is 2.98. The Morgan fingerprint density at radius 3 is 2.80 bits per heavy atom. The van der Waals surface area contributed by atoms with Crippen molar-refractivity contribution < 1.29 is 12.8 Å². The minimum Gasteiger partial charge on any atom is -0.396 e. The molecule has 1 aromatic heterocycles. The first-order valence-corrected chi connectivity index (χ1v) is 8.27. The van der Waals surface area contributed by atoms with E-state index in [2.05, 4.69) is 9.71 Å². The predicted molar refractivity (Wildman–Crippen MR) is 76.3 cm³/mol. The van der Waals surface area contributed by atoms with Gasteiger partial charge in [-0.1, -0.05) is 6.92 Å². The largest absolute Gasteiger partial charge is 0.396 e. The summed E-state index contributed by atoms with van der Waals surface area (Å²) >= 11 is 1.36. The van der Waals surface area contributed by atoms with Gasteiger partial charge in [0.1, 0.15) is 10.8 Å². The fourth-order valence-electron chi connectivity index (χ4n) is 1.65. The maximum absolute atomic E-state index is 13.4. The van der Waals surface area contributed by atoms with E-state index in [0.717, 1.165) is 6.07 Å². The lowest BCUT2D eigenvalue weighted by Crippen LogP contribution is -2.28. The Bertz CT molecular complexity index is 687. The lowest BCUT2D eigenvalue weighted by molar-refractivity contribution is 0.547. The molecule has 0 aliphatic carbocycles. The van der Waals surface area contributed by atoms with E-state index in [1.807, 2.05) is 6.92 Å². The second-order valence-corrected chi connectivity index (χ2v) is 6.78. The molecular formula is C12H14FN3O2S2. The number of rotatable bonds is 5. The highest BCUT2D eigenvalue weighted by atomic mass is 32.2. The van der Waals surface area contributed by atoms with Crippen LogP contribution in [0.3, 0.4) is 0 Å². The summed E-state index contributed by atoms with van der Waals surface area (Å²) in [6.07, 6.45) is 2.16. The van der Waals surface area contributed by atoms with Gasteiger partial charge in [0.25, 0.3) is 0 Å². The molecule has 0 radical (unpaired) electrons. The molecule has 1 atom stereocenters. The molecular weight excluding hydrogens is 301 g/mol. The molecule has 0 saturated carbocycles. The molecule has 2 rings (SSSR count). The molecule has 0 saturated heterocycles. The number of nitrogens with zero attached hydrogens (tertiary/aromatic N) is 1. The minimum absolute atomic E-state index is 0.0871. The maximum atomic E-state index is 13.4. The number of benzene rings is 1. The van der Waals surface area contributed by atoms with Crippen molar-refractivity contribution in [2.45, 2.75) is 24.3 Å². The van der Waals surface area contributed by atoms with Gasteiger partial charge >= 0.3 is 0 Å². The average Bonchev–Trinajstić information content (AvgIpc) is 2.93. The molecule has 5 nitrogen and oxygen atoms in total. The van der Waals surface area contributed by atoms with Crippen molar-refractivity contribution in [2.75, 3.05) is 5.73 Å². The molecule has 1 aromatic carbocycles. The zero-order valence-electron chi connectivity index (χ0n) is 10.7. The molecule has 0 aliphatic heterocycles. The molecule has 2 aromatic rings. The van der Waals surface area contributed by atoms with Crippen molar-refractivity contribution in [3.05, 3.63) is 40.6 Å². The van der Waals surface area contributed by atoms with Gasteiger partial charge in [-0.15, -0.1) is 11.3 Å². The summed E-state index contributed by atoms with van der Waals surface area (Å²) in [6.45, 7) is 1.85. The highest BCUT2D eigenvalue weighted by molar-refractivity contribution is 7.89. The van der Waals surface area contributed by atoms with E-state index in [1.165, 1.54) is 23.5 Å². The van der Waals surface area contributed by atoms with Crippen LogP contribution in [0.5, 0.6) is 0 Å². The summed E-state index contributed by atoms with van der Waals surface area (Å²) in [5.74, 6) is -0.754. The van der Waals surface area contributed by atoms with Crippen LogP contribution in [0.4, 0.5) is 10.1 Å². The topological polar surface area (TPSA) is 85.1 Å². The van der Waals surface area contributed by atoms with E-state index in [-0.39, 0.29) is 10.6 Å². The highest BCUT2D eigenvalue weighted by Gasteiger charge is 2.22. The molecule has 1 unspecified atom stereocenters. The molecule has 1 heterocycles. The fourth-order valence-corrected chi connectivity index (χ4v) is 3.79. The van der Waals surface area contributed by atoms with Crippen LogP contribution in [0.25, 0.3) is 0 Å². The number of thiazole rings is 1. The molecule has 0 aliphatic rings. The van der Waals surface area contributed by atoms with Gasteiger partial charge in [0.15, 0.2) is 0 Å². The zero-order chi connectivity index (χ0) is 14.8. The van der Waals surface area contributed by atoms with Gasteiger partial charge in [0, 0.05) is 11.6 Å². The minimum atomic E-state index is -3.82. The Balaban J connectivity index is 2.28. The summed E-state index contributed by atoms with van der Waals surface area (Å²) in [5, 5.41) is 2.45. The highest BCUT2D eigenvalue weighted by Crippen LogP contribution is 2.23. The SMILES string of the molecule is CCC(NS(=O)(=O)c1ccc(N)c(F)c1)c1nccs1. The lowest BCUT2D eigenvalue weighted by atomic mass is 10.3. The first-order chi connectivity index (χ1) is 9.44.